The molecule has 0 saturated heterocycles. The van der Waals surface area contributed by atoms with Gasteiger partial charge in [0.05, 0.1) is 22.6 Å². The highest BCUT2D eigenvalue weighted by Gasteiger charge is 2.18. The van der Waals surface area contributed by atoms with Crippen molar-refractivity contribution in [2.75, 3.05) is 0 Å². The maximum absolute atomic E-state index is 12.9. The minimum Gasteiger partial charge on any atom is -0.265 e. The van der Waals surface area contributed by atoms with Crippen LogP contribution < -0.4 is 5.43 Å². The molecule has 5 nitrogen and oxygen atoms in total. The first-order chi connectivity index (χ1) is 16.6. The SMILES string of the molecule is O=C(N/N=C\c1ccc(Cl)cc1Cl)c1cc(-c2cccc3ccccc23)n(-c2ccccc2)n1. The number of halogens is 2. The van der Waals surface area contributed by atoms with E-state index in [9.17, 15) is 4.79 Å². The van der Waals surface area contributed by atoms with E-state index < -0.39 is 5.91 Å². The van der Waals surface area contributed by atoms with Gasteiger partial charge in [0.15, 0.2) is 5.69 Å². The Labute approximate surface area is 206 Å². The summed E-state index contributed by atoms with van der Waals surface area (Å²) in [5.41, 5.74) is 6.04. The average Bonchev–Trinajstić information content (AvgIpc) is 3.31. The lowest BCUT2D eigenvalue weighted by molar-refractivity contribution is 0.0949. The van der Waals surface area contributed by atoms with Crippen LogP contribution >= 0.6 is 23.2 Å². The highest BCUT2D eigenvalue weighted by molar-refractivity contribution is 6.36. The Morgan fingerprint density at radius 3 is 2.47 bits per heavy atom. The van der Waals surface area contributed by atoms with E-state index in [0.717, 1.165) is 27.7 Å². The lowest BCUT2D eigenvalue weighted by atomic mass is 10.0. The van der Waals surface area contributed by atoms with Crippen LogP contribution in [-0.2, 0) is 0 Å². The Balaban J connectivity index is 1.52. The van der Waals surface area contributed by atoms with Gasteiger partial charge >= 0.3 is 0 Å². The maximum atomic E-state index is 12.9. The van der Waals surface area contributed by atoms with Crippen molar-refractivity contribution in [1.29, 1.82) is 0 Å². The third-order valence-corrected chi connectivity index (χ3v) is 5.90. The summed E-state index contributed by atoms with van der Waals surface area (Å²) in [6.45, 7) is 0. The summed E-state index contributed by atoms with van der Waals surface area (Å²) >= 11 is 12.1. The van der Waals surface area contributed by atoms with Crippen molar-refractivity contribution in [3.63, 3.8) is 0 Å². The average molecular weight is 485 g/mol. The lowest BCUT2D eigenvalue weighted by Gasteiger charge is -2.10. The summed E-state index contributed by atoms with van der Waals surface area (Å²) in [6, 6.07) is 30.7. The topological polar surface area (TPSA) is 59.3 Å². The third-order valence-electron chi connectivity index (χ3n) is 5.34. The molecule has 34 heavy (non-hydrogen) atoms. The molecule has 1 heterocycles. The number of para-hydroxylation sites is 1. The van der Waals surface area contributed by atoms with Crippen molar-refractivity contribution >= 4 is 46.1 Å². The van der Waals surface area contributed by atoms with Crippen molar-refractivity contribution in [3.8, 4) is 16.9 Å². The zero-order valence-electron chi connectivity index (χ0n) is 17.8. The zero-order chi connectivity index (χ0) is 23.5. The van der Waals surface area contributed by atoms with E-state index in [1.54, 1.807) is 28.9 Å². The summed E-state index contributed by atoms with van der Waals surface area (Å²) in [5.74, 6) is -0.433. The second-order valence-corrected chi connectivity index (χ2v) is 8.40. The number of rotatable bonds is 5. The number of carbonyl (C=O) groups is 1. The van der Waals surface area contributed by atoms with Crippen LogP contribution in [0.5, 0.6) is 0 Å². The molecule has 0 atom stereocenters. The normalized spacial score (nSPS) is 11.2. The molecular weight excluding hydrogens is 467 g/mol. The number of fused-ring (bicyclic) bond motifs is 1. The van der Waals surface area contributed by atoms with Crippen LogP contribution in [0.4, 0.5) is 0 Å². The van der Waals surface area contributed by atoms with Gasteiger partial charge in [-0.15, -0.1) is 0 Å². The molecule has 1 aromatic heterocycles. The quantitative estimate of drug-likeness (QED) is 0.221. The summed E-state index contributed by atoms with van der Waals surface area (Å²) in [6.07, 6.45) is 1.47. The molecule has 0 aliphatic heterocycles. The van der Waals surface area contributed by atoms with Crippen LogP contribution in [0.2, 0.25) is 10.0 Å². The van der Waals surface area contributed by atoms with Gasteiger partial charge in [0.1, 0.15) is 0 Å². The Kier molecular flexibility index (Phi) is 6.12. The number of hydrogen-bond donors (Lipinski definition) is 1. The zero-order valence-corrected chi connectivity index (χ0v) is 19.3. The number of nitrogens with one attached hydrogen (secondary N) is 1. The second-order valence-electron chi connectivity index (χ2n) is 7.55. The highest BCUT2D eigenvalue weighted by Crippen LogP contribution is 2.31. The Bertz CT molecular complexity index is 1520. The van der Waals surface area contributed by atoms with Gasteiger partial charge in [0.2, 0.25) is 0 Å². The van der Waals surface area contributed by atoms with Gasteiger partial charge in [-0.05, 0) is 41.1 Å². The van der Waals surface area contributed by atoms with Crippen LogP contribution in [0, 0.1) is 0 Å². The molecule has 5 aromatic rings. The number of aromatic nitrogens is 2. The van der Waals surface area contributed by atoms with E-state index in [1.807, 2.05) is 54.6 Å². The first kappa shape index (κ1) is 21.9. The Morgan fingerprint density at radius 2 is 1.65 bits per heavy atom. The van der Waals surface area contributed by atoms with Crippen molar-refractivity contribution in [2.45, 2.75) is 0 Å². The number of amides is 1. The number of nitrogens with zero attached hydrogens (tertiary/aromatic N) is 3. The second kappa shape index (κ2) is 9.51. The molecule has 0 saturated carbocycles. The standard InChI is InChI=1S/C27H18Cl2N4O/c28-20-14-13-19(24(29)15-20)17-30-31-27(34)25-16-26(33(32-25)21-9-2-1-3-10-21)23-12-6-8-18-7-4-5-11-22(18)23/h1-17H,(H,31,34)/b30-17-. The molecule has 1 N–H and O–H groups in total. The van der Waals surface area contributed by atoms with Gasteiger partial charge in [-0.1, -0.05) is 89.9 Å². The predicted molar refractivity (Wildman–Crippen MR) is 138 cm³/mol. The molecule has 7 heteroatoms. The summed E-state index contributed by atoms with van der Waals surface area (Å²) in [5, 5.41) is 11.8. The van der Waals surface area contributed by atoms with Crippen molar-refractivity contribution < 1.29 is 4.79 Å². The molecule has 0 aliphatic carbocycles. The first-order valence-electron chi connectivity index (χ1n) is 10.5. The molecule has 4 aromatic carbocycles. The smallest absolute Gasteiger partial charge is 0.265 e. The lowest BCUT2D eigenvalue weighted by Crippen LogP contribution is -2.18. The largest absolute Gasteiger partial charge is 0.291 e. The molecule has 0 unspecified atom stereocenters. The fourth-order valence-electron chi connectivity index (χ4n) is 3.72. The number of benzene rings is 4. The molecule has 0 aliphatic rings. The molecular formula is C27H18Cl2N4O. The Hall–Kier alpha value is -3.93. The van der Waals surface area contributed by atoms with Gasteiger partial charge in [-0.2, -0.15) is 10.2 Å². The summed E-state index contributed by atoms with van der Waals surface area (Å²) in [7, 11) is 0. The maximum Gasteiger partial charge on any atom is 0.291 e. The molecule has 166 valence electrons. The Morgan fingerprint density at radius 1 is 0.882 bits per heavy atom. The van der Waals surface area contributed by atoms with E-state index in [0.29, 0.717) is 15.6 Å². The van der Waals surface area contributed by atoms with Crippen LogP contribution in [0.15, 0.2) is 102 Å². The summed E-state index contributed by atoms with van der Waals surface area (Å²) < 4.78 is 1.77. The number of hydrazone groups is 1. The molecule has 0 radical (unpaired) electrons. The minimum absolute atomic E-state index is 0.242. The van der Waals surface area contributed by atoms with Crippen molar-refractivity contribution in [2.24, 2.45) is 5.10 Å². The van der Waals surface area contributed by atoms with Crippen LogP contribution in [0.1, 0.15) is 16.1 Å². The minimum atomic E-state index is -0.433. The summed E-state index contributed by atoms with van der Waals surface area (Å²) in [4.78, 5) is 12.9. The number of hydrogen-bond acceptors (Lipinski definition) is 3. The van der Waals surface area contributed by atoms with E-state index >= 15 is 0 Å². The van der Waals surface area contributed by atoms with Crippen LogP contribution in [-0.4, -0.2) is 21.9 Å². The highest BCUT2D eigenvalue weighted by atomic mass is 35.5. The molecule has 0 fully saturated rings. The van der Waals surface area contributed by atoms with E-state index in [2.05, 4.69) is 33.8 Å². The van der Waals surface area contributed by atoms with Crippen LogP contribution in [0.3, 0.4) is 0 Å². The fourth-order valence-corrected chi connectivity index (χ4v) is 4.18. The number of carbonyl (C=O) groups excluding carboxylic acids is 1. The third kappa shape index (κ3) is 4.44. The van der Waals surface area contributed by atoms with Crippen molar-refractivity contribution in [3.05, 3.63) is 118 Å². The van der Waals surface area contributed by atoms with Crippen molar-refractivity contribution in [1.82, 2.24) is 15.2 Å². The first-order valence-corrected chi connectivity index (χ1v) is 11.3. The fraction of sp³-hybridized carbons (Fsp3) is 0. The van der Waals surface area contributed by atoms with Crippen LogP contribution in [0.25, 0.3) is 27.7 Å². The van der Waals surface area contributed by atoms with E-state index in [1.165, 1.54) is 6.21 Å². The van der Waals surface area contributed by atoms with E-state index in [4.69, 9.17) is 23.2 Å². The molecule has 0 bridgehead atoms. The van der Waals surface area contributed by atoms with Gasteiger partial charge in [0, 0.05) is 16.1 Å². The van der Waals surface area contributed by atoms with Gasteiger partial charge in [-0.3, -0.25) is 4.79 Å². The van der Waals surface area contributed by atoms with E-state index in [-0.39, 0.29) is 5.69 Å². The molecule has 5 rings (SSSR count). The monoisotopic (exact) mass is 484 g/mol. The predicted octanol–water partition coefficient (Wildman–Crippen LogP) is 6.76. The van der Waals surface area contributed by atoms with Gasteiger partial charge in [0.25, 0.3) is 5.91 Å². The molecule has 1 amide bonds. The molecule has 0 spiro atoms. The van der Waals surface area contributed by atoms with Gasteiger partial charge in [-0.25, -0.2) is 10.1 Å². The van der Waals surface area contributed by atoms with Gasteiger partial charge < -0.3 is 0 Å².